The molecule has 0 spiro atoms. The number of carbonyl (C=O) groups is 1. The molecule has 1 aliphatic heterocycles. The summed E-state index contributed by atoms with van der Waals surface area (Å²) in [5.74, 6) is 0.199. The van der Waals surface area contributed by atoms with Gasteiger partial charge in [-0.2, -0.15) is 0 Å². The van der Waals surface area contributed by atoms with Crippen LogP contribution in [-0.2, 0) is 34.4 Å². The molecule has 1 saturated heterocycles. The van der Waals surface area contributed by atoms with Gasteiger partial charge in [0.25, 0.3) is 15.9 Å². The minimum Gasteiger partial charge on any atom is -0.497 e. The van der Waals surface area contributed by atoms with E-state index in [4.69, 9.17) is 9.47 Å². The van der Waals surface area contributed by atoms with Gasteiger partial charge in [-0.15, -0.1) is 0 Å². The topological polar surface area (TPSA) is 88.2 Å². The van der Waals surface area contributed by atoms with Crippen LogP contribution in [0.2, 0.25) is 0 Å². The van der Waals surface area contributed by atoms with E-state index in [1.165, 1.54) is 29.1 Å². The molecule has 42 heavy (non-hydrogen) atoms. The Balaban J connectivity index is 1.39. The second-order valence-corrected chi connectivity index (χ2v) is 11.9. The first-order chi connectivity index (χ1) is 20.4. The van der Waals surface area contributed by atoms with Gasteiger partial charge in [-0.05, 0) is 53.1 Å². The van der Waals surface area contributed by atoms with Gasteiger partial charge in [0.05, 0.1) is 43.0 Å². The number of para-hydroxylation sites is 1. The number of ether oxygens (including phenoxy) is 2. The maximum Gasteiger partial charge on any atom is 0.264 e. The predicted octanol–water partition coefficient (Wildman–Crippen LogP) is 4.85. The summed E-state index contributed by atoms with van der Waals surface area (Å²) in [6.45, 7) is 4.48. The summed E-state index contributed by atoms with van der Waals surface area (Å²) in [7, 11) is -2.51. The second kappa shape index (κ2) is 13.7. The molecule has 8 nitrogen and oxygen atoms in total. The van der Waals surface area contributed by atoms with Gasteiger partial charge in [0.1, 0.15) is 5.75 Å². The molecule has 5 rings (SSSR count). The van der Waals surface area contributed by atoms with Crippen LogP contribution in [0.15, 0.2) is 108 Å². The van der Waals surface area contributed by atoms with Gasteiger partial charge in [-0.3, -0.25) is 14.0 Å². The van der Waals surface area contributed by atoms with E-state index in [0.717, 1.165) is 44.0 Å². The van der Waals surface area contributed by atoms with E-state index in [1.807, 2.05) is 42.5 Å². The Bertz CT molecular complexity index is 1590. The zero-order chi connectivity index (χ0) is 29.4. The normalized spacial score (nSPS) is 13.8. The summed E-state index contributed by atoms with van der Waals surface area (Å²) >= 11 is 0. The molecular formula is C33H35N3O5S. The third kappa shape index (κ3) is 7.17. The summed E-state index contributed by atoms with van der Waals surface area (Å²) in [6, 6.07) is 30.5. The largest absolute Gasteiger partial charge is 0.497 e. The smallest absolute Gasteiger partial charge is 0.264 e. The lowest BCUT2D eigenvalue weighted by molar-refractivity contribution is 0.0342. The number of nitrogens with zero attached hydrogens (tertiary/aromatic N) is 2. The van der Waals surface area contributed by atoms with Crippen molar-refractivity contribution in [3.63, 3.8) is 0 Å². The number of nitrogens with one attached hydrogen (secondary N) is 1. The molecule has 1 N–H and O–H groups in total. The van der Waals surface area contributed by atoms with Crippen molar-refractivity contribution in [2.75, 3.05) is 37.7 Å². The van der Waals surface area contributed by atoms with Crippen molar-refractivity contribution in [1.82, 2.24) is 10.2 Å². The van der Waals surface area contributed by atoms with Crippen molar-refractivity contribution in [3.05, 3.63) is 125 Å². The number of anilines is 1. The molecule has 0 saturated carbocycles. The van der Waals surface area contributed by atoms with Crippen LogP contribution in [0.1, 0.15) is 27.0 Å². The molecular weight excluding hydrogens is 550 g/mol. The third-order valence-electron chi connectivity index (χ3n) is 7.19. The summed E-state index contributed by atoms with van der Waals surface area (Å²) in [6.07, 6.45) is 0. The van der Waals surface area contributed by atoms with Crippen LogP contribution < -0.4 is 14.4 Å². The molecule has 1 fully saturated rings. The zero-order valence-corrected chi connectivity index (χ0v) is 24.4. The highest BCUT2D eigenvalue weighted by Crippen LogP contribution is 2.30. The van der Waals surface area contributed by atoms with Crippen molar-refractivity contribution < 1.29 is 22.7 Å². The van der Waals surface area contributed by atoms with Crippen LogP contribution >= 0.6 is 0 Å². The standard InChI is InChI=1S/C33H35N3O5S/c1-40-29-14-16-30(17-15-29)42(38,39)36(25-26-8-3-2-4-9-26)32-13-6-5-12-31(32)33(37)34-23-27-10-7-11-28(22-27)24-35-18-20-41-21-19-35/h2-17,22H,18-21,23-25H2,1H3,(H,34,37). The monoisotopic (exact) mass is 585 g/mol. The fourth-order valence-corrected chi connectivity index (χ4v) is 6.41. The van der Waals surface area contributed by atoms with E-state index >= 15 is 0 Å². The second-order valence-electron chi connectivity index (χ2n) is 10.1. The minimum atomic E-state index is -4.04. The summed E-state index contributed by atoms with van der Waals surface area (Å²) < 4.78 is 40.0. The molecule has 218 valence electrons. The highest BCUT2D eigenvalue weighted by Gasteiger charge is 2.28. The van der Waals surface area contributed by atoms with Crippen molar-refractivity contribution in [2.45, 2.75) is 24.5 Å². The van der Waals surface area contributed by atoms with Gasteiger partial charge in [-0.1, -0.05) is 66.7 Å². The van der Waals surface area contributed by atoms with E-state index in [9.17, 15) is 13.2 Å². The molecule has 0 unspecified atom stereocenters. The Morgan fingerprint density at radius 2 is 1.52 bits per heavy atom. The quantitative estimate of drug-likeness (QED) is 0.271. The Hall–Kier alpha value is -4.18. The van der Waals surface area contributed by atoms with Crippen molar-refractivity contribution >= 4 is 21.6 Å². The molecule has 9 heteroatoms. The van der Waals surface area contributed by atoms with Crippen molar-refractivity contribution in [3.8, 4) is 5.75 Å². The molecule has 1 heterocycles. The third-order valence-corrected chi connectivity index (χ3v) is 8.96. The summed E-state index contributed by atoms with van der Waals surface area (Å²) in [4.78, 5) is 16.0. The van der Waals surface area contributed by atoms with Crippen LogP contribution in [0.25, 0.3) is 0 Å². The number of methoxy groups -OCH3 is 1. The first-order valence-corrected chi connectivity index (χ1v) is 15.3. The maximum atomic E-state index is 14.0. The SMILES string of the molecule is COc1ccc(S(=O)(=O)N(Cc2ccccc2)c2ccccc2C(=O)NCc2cccc(CN3CCOCC3)c2)cc1. The van der Waals surface area contributed by atoms with Crippen LogP contribution in [0.5, 0.6) is 5.75 Å². The first-order valence-electron chi connectivity index (χ1n) is 13.9. The van der Waals surface area contributed by atoms with E-state index < -0.39 is 10.0 Å². The van der Waals surface area contributed by atoms with Gasteiger partial charge in [0, 0.05) is 26.2 Å². The van der Waals surface area contributed by atoms with Crippen LogP contribution in [0, 0.1) is 0 Å². The van der Waals surface area contributed by atoms with Crippen molar-refractivity contribution in [1.29, 1.82) is 0 Å². The molecule has 0 atom stereocenters. The molecule has 4 aromatic rings. The zero-order valence-electron chi connectivity index (χ0n) is 23.6. The number of hydrogen-bond donors (Lipinski definition) is 1. The van der Waals surface area contributed by atoms with E-state index in [1.54, 1.807) is 36.4 Å². The van der Waals surface area contributed by atoms with Gasteiger partial charge in [-0.25, -0.2) is 8.42 Å². The molecule has 0 bridgehead atoms. The molecule has 4 aromatic carbocycles. The number of rotatable bonds is 11. The molecule has 0 aliphatic carbocycles. The summed E-state index contributed by atoms with van der Waals surface area (Å²) in [5, 5.41) is 3.00. The Morgan fingerprint density at radius 1 is 0.857 bits per heavy atom. The average molecular weight is 586 g/mol. The number of morpholine rings is 1. The van der Waals surface area contributed by atoms with Gasteiger partial charge in [0.2, 0.25) is 0 Å². The number of amides is 1. The van der Waals surface area contributed by atoms with E-state index in [0.29, 0.717) is 18.0 Å². The van der Waals surface area contributed by atoms with Gasteiger partial charge >= 0.3 is 0 Å². The fraction of sp³-hybridized carbons (Fsp3) is 0.242. The van der Waals surface area contributed by atoms with Crippen LogP contribution in [0.4, 0.5) is 5.69 Å². The predicted molar refractivity (Wildman–Crippen MR) is 163 cm³/mol. The maximum absolute atomic E-state index is 14.0. The number of carbonyl (C=O) groups excluding carboxylic acids is 1. The van der Waals surface area contributed by atoms with Crippen LogP contribution in [0.3, 0.4) is 0 Å². The Kier molecular flexibility index (Phi) is 9.53. The highest BCUT2D eigenvalue weighted by atomic mass is 32.2. The lowest BCUT2D eigenvalue weighted by atomic mass is 10.1. The fourth-order valence-electron chi connectivity index (χ4n) is 4.94. The average Bonchev–Trinajstić information content (AvgIpc) is 3.03. The summed E-state index contributed by atoms with van der Waals surface area (Å²) in [5.41, 5.74) is 3.51. The first kappa shape index (κ1) is 29.3. The Morgan fingerprint density at radius 3 is 2.26 bits per heavy atom. The van der Waals surface area contributed by atoms with Gasteiger partial charge < -0.3 is 14.8 Å². The highest BCUT2D eigenvalue weighted by molar-refractivity contribution is 7.92. The lowest BCUT2D eigenvalue weighted by Crippen LogP contribution is -2.35. The molecule has 1 amide bonds. The van der Waals surface area contributed by atoms with E-state index in [2.05, 4.69) is 22.3 Å². The number of hydrogen-bond acceptors (Lipinski definition) is 6. The molecule has 1 aliphatic rings. The lowest BCUT2D eigenvalue weighted by Gasteiger charge is -2.27. The number of benzene rings is 4. The van der Waals surface area contributed by atoms with Gasteiger partial charge in [0.15, 0.2) is 0 Å². The Labute approximate surface area is 247 Å². The number of sulfonamides is 1. The molecule has 0 radical (unpaired) electrons. The van der Waals surface area contributed by atoms with Crippen LogP contribution in [-0.4, -0.2) is 52.6 Å². The molecule has 0 aromatic heterocycles. The minimum absolute atomic E-state index is 0.0586. The van der Waals surface area contributed by atoms with Crippen molar-refractivity contribution in [2.24, 2.45) is 0 Å². The van der Waals surface area contributed by atoms with E-state index in [-0.39, 0.29) is 22.9 Å².